The van der Waals surface area contributed by atoms with Crippen molar-refractivity contribution >= 4 is 22.8 Å². The molecule has 8 nitrogen and oxygen atoms in total. The van der Waals surface area contributed by atoms with Gasteiger partial charge in [-0.05, 0) is 18.1 Å². The molecule has 0 atom stereocenters. The molecule has 1 aromatic carbocycles. The van der Waals surface area contributed by atoms with Crippen molar-refractivity contribution < 1.29 is 19.8 Å². The lowest BCUT2D eigenvalue weighted by molar-refractivity contribution is -0.135. The van der Waals surface area contributed by atoms with E-state index in [1.807, 2.05) is 30.3 Å². The van der Waals surface area contributed by atoms with Crippen LogP contribution in [0.5, 0.6) is 5.75 Å². The summed E-state index contributed by atoms with van der Waals surface area (Å²) in [6, 6.07) is 12.4. The van der Waals surface area contributed by atoms with Crippen molar-refractivity contribution in [3.8, 4) is 5.75 Å². The number of hydrogen-bond donors (Lipinski definition) is 3. The minimum atomic E-state index is -1.22. The van der Waals surface area contributed by atoms with Crippen molar-refractivity contribution in [3.63, 3.8) is 0 Å². The minimum absolute atomic E-state index is 0.189. The molecule has 0 aliphatic rings. The molecule has 0 aliphatic heterocycles. The van der Waals surface area contributed by atoms with Gasteiger partial charge >= 0.3 is 5.97 Å². The van der Waals surface area contributed by atoms with Crippen LogP contribution in [0.1, 0.15) is 16.1 Å². The van der Waals surface area contributed by atoms with Gasteiger partial charge in [-0.1, -0.05) is 30.3 Å². The Kier molecular flexibility index (Phi) is 5.16. The van der Waals surface area contributed by atoms with Gasteiger partial charge in [0.2, 0.25) is 0 Å². The molecule has 8 heteroatoms. The number of aryl methyl sites for hydroxylation is 2. The SMILES string of the molecule is O=C(O)CNC(=O)c1ncc2ccc(=O)n(CCc3ccccc3)c2c1O. The molecular weight excluding hydrogens is 350 g/mol. The number of carboxylic acid groups (broad SMARTS) is 1. The topological polar surface area (TPSA) is 122 Å². The lowest BCUT2D eigenvalue weighted by Crippen LogP contribution is -2.30. The third-order valence-corrected chi connectivity index (χ3v) is 4.08. The molecule has 3 rings (SSSR count). The fourth-order valence-corrected chi connectivity index (χ4v) is 2.79. The summed E-state index contributed by atoms with van der Waals surface area (Å²) in [6.45, 7) is -0.304. The summed E-state index contributed by atoms with van der Waals surface area (Å²) in [7, 11) is 0. The van der Waals surface area contributed by atoms with Gasteiger partial charge in [-0.25, -0.2) is 4.98 Å². The number of pyridine rings is 2. The highest BCUT2D eigenvalue weighted by atomic mass is 16.4. The van der Waals surface area contributed by atoms with Crippen molar-refractivity contribution in [2.75, 3.05) is 6.54 Å². The van der Waals surface area contributed by atoms with Gasteiger partial charge in [0.15, 0.2) is 11.4 Å². The first-order valence-electron chi connectivity index (χ1n) is 8.23. The summed E-state index contributed by atoms with van der Waals surface area (Å²) in [5, 5.41) is 21.9. The summed E-state index contributed by atoms with van der Waals surface area (Å²) < 4.78 is 1.38. The average Bonchev–Trinajstić information content (AvgIpc) is 2.66. The van der Waals surface area contributed by atoms with Crippen LogP contribution in [0, 0.1) is 0 Å². The van der Waals surface area contributed by atoms with E-state index in [1.54, 1.807) is 0 Å². The van der Waals surface area contributed by atoms with Gasteiger partial charge < -0.3 is 20.1 Å². The first-order chi connectivity index (χ1) is 13.0. The predicted molar refractivity (Wildman–Crippen MR) is 97.8 cm³/mol. The van der Waals surface area contributed by atoms with Crippen LogP contribution in [0.3, 0.4) is 0 Å². The van der Waals surface area contributed by atoms with E-state index in [2.05, 4.69) is 10.3 Å². The first-order valence-corrected chi connectivity index (χ1v) is 8.23. The lowest BCUT2D eigenvalue weighted by atomic mass is 10.1. The fraction of sp³-hybridized carbons (Fsp3) is 0.158. The third kappa shape index (κ3) is 3.95. The molecule has 2 heterocycles. The highest BCUT2D eigenvalue weighted by molar-refractivity contribution is 6.01. The number of aromatic hydroxyl groups is 1. The Balaban J connectivity index is 2.01. The number of amides is 1. The molecule has 0 saturated heterocycles. The molecule has 2 aromatic heterocycles. The highest BCUT2D eigenvalue weighted by Crippen LogP contribution is 2.26. The van der Waals surface area contributed by atoms with E-state index in [9.17, 15) is 19.5 Å². The Labute approximate surface area is 153 Å². The number of rotatable bonds is 6. The number of carbonyl (C=O) groups is 2. The Morgan fingerprint density at radius 1 is 1.11 bits per heavy atom. The number of fused-ring (bicyclic) bond motifs is 1. The summed E-state index contributed by atoms with van der Waals surface area (Å²) >= 11 is 0. The number of aliphatic carboxylic acids is 1. The van der Waals surface area contributed by atoms with E-state index in [0.717, 1.165) is 5.56 Å². The Bertz CT molecular complexity index is 1060. The minimum Gasteiger partial charge on any atom is -0.504 e. The van der Waals surface area contributed by atoms with Gasteiger partial charge in [-0.15, -0.1) is 0 Å². The van der Waals surface area contributed by atoms with E-state index in [4.69, 9.17) is 5.11 Å². The van der Waals surface area contributed by atoms with Crippen LogP contribution >= 0.6 is 0 Å². The Morgan fingerprint density at radius 3 is 2.56 bits per heavy atom. The monoisotopic (exact) mass is 367 g/mol. The smallest absolute Gasteiger partial charge is 0.322 e. The summed E-state index contributed by atoms with van der Waals surface area (Å²) in [5.41, 5.74) is 0.558. The maximum Gasteiger partial charge on any atom is 0.322 e. The molecule has 0 unspecified atom stereocenters. The van der Waals surface area contributed by atoms with E-state index in [0.29, 0.717) is 18.4 Å². The lowest BCUT2D eigenvalue weighted by Gasteiger charge is -2.13. The van der Waals surface area contributed by atoms with Gasteiger partial charge in [0.05, 0.1) is 5.52 Å². The first kappa shape index (κ1) is 18.1. The maximum atomic E-state index is 12.4. The molecule has 0 saturated carbocycles. The van der Waals surface area contributed by atoms with Crippen molar-refractivity contribution in [1.29, 1.82) is 0 Å². The number of carboxylic acids is 1. The van der Waals surface area contributed by atoms with Crippen LogP contribution in [0.25, 0.3) is 10.9 Å². The van der Waals surface area contributed by atoms with Crippen LogP contribution in [0.4, 0.5) is 0 Å². The van der Waals surface area contributed by atoms with Crippen LogP contribution in [-0.4, -0.2) is 38.2 Å². The second-order valence-electron chi connectivity index (χ2n) is 5.89. The van der Waals surface area contributed by atoms with Gasteiger partial charge in [-0.3, -0.25) is 14.4 Å². The fourth-order valence-electron chi connectivity index (χ4n) is 2.79. The largest absolute Gasteiger partial charge is 0.504 e. The summed E-state index contributed by atoms with van der Waals surface area (Å²) in [5.74, 6) is -2.51. The molecule has 138 valence electrons. The second kappa shape index (κ2) is 7.69. The molecule has 0 fully saturated rings. The maximum absolute atomic E-state index is 12.4. The summed E-state index contributed by atoms with van der Waals surface area (Å²) in [6.07, 6.45) is 1.92. The molecule has 0 bridgehead atoms. The van der Waals surface area contributed by atoms with Crippen molar-refractivity contribution in [2.45, 2.75) is 13.0 Å². The molecular formula is C19H17N3O5. The van der Waals surface area contributed by atoms with Gasteiger partial charge in [-0.2, -0.15) is 0 Å². The van der Waals surface area contributed by atoms with Crippen LogP contribution < -0.4 is 10.9 Å². The van der Waals surface area contributed by atoms with Crippen molar-refractivity contribution in [2.24, 2.45) is 0 Å². The van der Waals surface area contributed by atoms with Gasteiger partial charge in [0.1, 0.15) is 6.54 Å². The quantitative estimate of drug-likeness (QED) is 0.601. The Hall–Kier alpha value is -3.68. The molecule has 1 amide bonds. The van der Waals surface area contributed by atoms with Crippen molar-refractivity contribution in [1.82, 2.24) is 14.9 Å². The van der Waals surface area contributed by atoms with Crippen LogP contribution in [0.2, 0.25) is 0 Å². The standard InChI is InChI=1S/C19H17N3O5/c23-14-7-6-13-10-20-16(19(27)21-11-15(24)25)18(26)17(13)22(14)9-8-12-4-2-1-3-5-12/h1-7,10,26H,8-9,11H2,(H,21,27)(H,24,25). The zero-order valence-corrected chi connectivity index (χ0v) is 14.3. The average molecular weight is 367 g/mol. The number of nitrogens with zero attached hydrogens (tertiary/aromatic N) is 2. The number of benzene rings is 1. The van der Waals surface area contributed by atoms with E-state index in [1.165, 1.54) is 22.9 Å². The molecule has 3 aromatic rings. The molecule has 27 heavy (non-hydrogen) atoms. The zero-order valence-electron chi connectivity index (χ0n) is 14.3. The number of nitrogens with one attached hydrogen (secondary N) is 1. The van der Waals surface area contributed by atoms with Gasteiger partial charge in [0, 0.05) is 24.2 Å². The summed E-state index contributed by atoms with van der Waals surface area (Å²) in [4.78, 5) is 39.0. The van der Waals surface area contributed by atoms with E-state index in [-0.39, 0.29) is 16.8 Å². The molecule has 0 radical (unpaired) electrons. The molecule has 0 spiro atoms. The second-order valence-corrected chi connectivity index (χ2v) is 5.89. The van der Waals surface area contributed by atoms with E-state index >= 15 is 0 Å². The number of carbonyl (C=O) groups excluding carboxylic acids is 1. The number of aromatic nitrogens is 2. The normalized spacial score (nSPS) is 10.7. The zero-order chi connectivity index (χ0) is 19.4. The van der Waals surface area contributed by atoms with E-state index < -0.39 is 24.2 Å². The van der Waals surface area contributed by atoms with Gasteiger partial charge in [0.25, 0.3) is 11.5 Å². The molecule has 0 aliphatic carbocycles. The highest BCUT2D eigenvalue weighted by Gasteiger charge is 2.19. The molecule has 3 N–H and O–H groups in total. The predicted octanol–water partition coefficient (Wildman–Crippen LogP) is 1.16. The van der Waals surface area contributed by atoms with Crippen LogP contribution in [-0.2, 0) is 17.8 Å². The number of hydrogen-bond acceptors (Lipinski definition) is 5. The Morgan fingerprint density at radius 2 is 1.85 bits per heavy atom. The third-order valence-electron chi connectivity index (χ3n) is 4.08. The van der Waals surface area contributed by atoms with Crippen molar-refractivity contribution in [3.05, 3.63) is 70.3 Å². The van der Waals surface area contributed by atoms with Crippen LogP contribution in [0.15, 0.2) is 53.5 Å².